The van der Waals surface area contributed by atoms with Crippen LogP contribution >= 0.6 is 0 Å². The fraction of sp³-hybridized carbons (Fsp3) is 0.304. The van der Waals surface area contributed by atoms with Crippen LogP contribution in [-0.4, -0.2) is 55.1 Å². The standard InChI is InChI=1S/C23H26N4O/c1-24-21(17-18-7-3-2-4-8-18)23(28)27-15-13-26(14-16-27)22-11-12-25-20-10-6-5-9-19(20)22/h2-12,21,24H,13-17H2,1H3/t21-/m1/s1. The van der Waals surface area contributed by atoms with E-state index in [4.69, 9.17) is 0 Å². The van der Waals surface area contributed by atoms with Crippen molar-refractivity contribution < 1.29 is 4.79 Å². The summed E-state index contributed by atoms with van der Waals surface area (Å²) >= 11 is 0. The third-order valence-electron chi connectivity index (χ3n) is 5.49. The first-order chi connectivity index (χ1) is 13.8. The lowest BCUT2D eigenvalue weighted by atomic mass is 10.0. The van der Waals surface area contributed by atoms with Crippen LogP contribution in [0.3, 0.4) is 0 Å². The van der Waals surface area contributed by atoms with Gasteiger partial charge in [0.25, 0.3) is 0 Å². The predicted octanol–water partition coefficient (Wildman–Crippen LogP) is 2.71. The summed E-state index contributed by atoms with van der Waals surface area (Å²) in [5.74, 6) is 0.186. The van der Waals surface area contributed by atoms with Crippen LogP contribution in [0.1, 0.15) is 5.56 Å². The fourth-order valence-corrected chi connectivity index (χ4v) is 3.91. The molecule has 0 saturated carbocycles. The molecule has 1 aromatic heterocycles. The number of rotatable bonds is 5. The molecule has 5 nitrogen and oxygen atoms in total. The predicted molar refractivity (Wildman–Crippen MR) is 114 cm³/mol. The molecule has 1 fully saturated rings. The van der Waals surface area contributed by atoms with Gasteiger partial charge < -0.3 is 15.1 Å². The lowest BCUT2D eigenvalue weighted by molar-refractivity contribution is -0.133. The highest BCUT2D eigenvalue weighted by Gasteiger charge is 2.27. The van der Waals surface area contributed by atoms with Crippen LogP contribution in [0.2, 0.25) is 0 Å². The van der Waals surface area contributed by atoms with Crippen LogP contribution in [0.5, 0.6) is 0 Å². The first kappa shape index (κ1) is 18.4. The van der Waals surface area contributed by atoms with Gasteiger partial charge >= 0.3 is 0 Å². The molecule has 0 bridgehead atoms. The Balaban J connectivity index is 1.42. The van der Waals surface area contributed by atoms with E-state index >= 15 is 0 Å². The molecular weight excluding hydrogens is 348 g/mol. The Morgan fingerprint density at radius 2 is 1.71 bits per heavy atom. The number of para-hydroxylation sites is 1. The first-order valence-electron chi connectivity index (χ1n) is 9.85. The second-order valence-electron chi connectivity index (χ2n) is 7.19. The summed E-state index contributed by atoms with van der Waals surface area (Å²) in [6.45, 7) is 3.15. The van der Waals surface area contributed by atoms with E-state index in [0.29, 0.717) is 6.42 Å². The van der Waals surface area contributed by atoms with E-state index in [9.17, 15) is 4.79 Å². The molecule has 0 aliphatic carbocycles. The van der Waals surface area contributed by atoms with Gasteiger partial charge in [0.05, 0.1) is 11.6 Å². The smallest absolute Gasteiger partial charge is 0.240 e. The summed E-state index contributed by atoms with van der Waals surface area (Å²) in [5.41, 5.74) is 3.39. The maximum Gasteiger partial charge on any atom is 0.240 e. The number of nitrogens with zero attached hydrogens (tertiary/aromatic N) is 3. The number of fused-ring (bicyclic) bond motifs is 1. The van der Waals surface area contributed by atoms with Crippen LogP contribution in [-0.2, 0) is 11.2 Å². The summed E-state index contributed by atoms with van der Waals surface area (Å²) in [4.78, 5) is 21.8. The number of piperazine rings is 1. The van der Waals surface area contributed by atoms with E-state index < -0.39 is 0 Å². The topological polar surface area (TPSA) is 48.5 Å². The monoisotopic (exact) mass is 374 g/mol. The van der Waals surface area contributed by atoms with Crippen molar-refractivity contribution in [3.05, 3.63) is 72.4 Å². The van der Waals surface area contributed by atoms with Crippen molar-refractivity contribution in [3.63, 3.8) is 0 Å². The van der Waals surface area contributed by atoms with E-state index in [2.05, 4.69) is 39.5 Å². The highest BCUT2D eigenvalue weighted by Crippen LogP contribution is 2.26. The molecule has 0 spiro atoms. The lowest BCUT2D eigenvalue weighted by Crippen LogP contribution is -2.54. The zero-order valence-corrected chi connectivity index (χ0v) is 16.2. The van der Waals surface area contributed by atoms with Crippen LogP contribution in [0.25, 0.3) is 10.9 Å². The zero-order chi connectivity index (χ0) is 19.3. The molecule has 2 heterocycles. The van der Waals surface area contributed by atoms with Crippen molar-refractivity contribution in [1.29, 1.82) is 0 Å². The quantitative estimate of drug-likeness (QED) is 0.746. The Morgan fingerprint density at radius 1 is 1.00 bits per heavy atom. The van der Waals surface area contributed by atoms with E-state index in [1.165, 1.54) is 16.6 Å². The van der Waals surface area contributed by atoms with Gasteiger partial charge in [-0.2, -0.15) is 0 Å². The summed E-state index contributed by atoms with van der Waals surface area (Å²) < 4.78 is 0. The SMILES string of the molecule is CN[C@H](Cc1ccccc1)C(=O)N1CCN(c2ccnc3ccccc23)CC1. The van der Waals surface area contributed by atoms with E-state index in [1.54, 1.807) is 0 Å². The third kappa shape index (κ3) is 3.85. The summed E-state index contributed by atoms with van der Waals surface area (Å²) in [6.07, 6.45) is 2.58. The first-order valence-corrected chi connectivity index (χ1v) is 9.85. The maximum absolute atomic E-state index is 13.0. The van der Waals surface area contributed by atoms with Crippen molar-refractivity contribution in [3.8, 4) is 0 Å². The van der Waals surface area contributed by atoms with E-state index in [1.807, 2.05) is 54.5 Å². The molecule has 0 radical (unpaired) electrons. The Kier molecular flexibility index (Phi) is 5.53. The third-order valence-corrected chi connectivity index (χ3v) is 5.49. The molecule has 1 saturated heterocycles. The van der Waals surface area contributed by atoms with E-state index in [-0.39, 0.29) is 11.9 Å². The largest absolute Gasteiger partial charge is 0.367 e. The number of anilines is 1. The average Bonchev–Trinajstić information content (AvgIpc) is 2.77. The maximum atomic E-state index is 13.0. The highest BCUT2D eigenvalue weighted by atomic mass is 16.2. The number of likely N-dealkylation sites (N-methyl/N-ethyl adjacent to an activating group) is 1. The zero-order valence-electron chi connectivity index (χ0n) is 16.2. The van der Waals surface area contributed by atoms with Gasteiger partial charge in [0.1, 0.15) is 0 Å². The molecule has 1 N–H and O–H groups in total. The van der Waals surface area contributed by atoms with Crippen molar-refractivity contribution in [2.24, 2.45) is 0 Å². The van der Waals surface area contributed by atoms with Gasteiger partial charge in [0.15, 0.2) is 0 Å². The Labute approximate surface area is 166 Å². The van der Waals surface area contributed by atoms with Gasteiger partial charge in [-0.3, -0.25) is 9.78 Å². The number of amides is 1. The van der Waals surface area contributed by atoms with Crippen molar-refractivity contribution in [2.45, 2.75) is 12.5 Å². The minimum Gasteiger partial charge on any atom is -0.367 e. The van der Waals surface area contributed by atoms with Crippen LogP contribution in [0.4, 0.5) is 5.69 Å². The van der Waals surface area contributed by atoms with Gasteiger partial charge in [-0.05, 0) is 31.2 Å². The molecule has 1 atom stereocenters. The van der Waals surface area contributed by atoms with E-state index in [0.717, 1.165) is 31.7 Å². The van der Waals surface area contributed by atoms with Crippen LogP contribution < -0.4 is 10.2 Å². The minimum atomic E-state index is -0.185. The number of hydrogen-bond acceptors (Lipinski definition) is 4. The van der Waals surface area contributed by atoms with Crippen LogP contribution in [0.15, 0.2) is 66.9 Å². The number of nitrogens with one attached hydrogen (secondary N) is 1. The van der Waals surface area contributed by atoms with Crippen molar-refractivity contribution in [1.82, 2.24) is 15.2 Å². The van der Waals surface area contributed by atoms with Gasteiger partial charge in [-0.25, -0.2) is 0 Å². The normalized spacial score (nSPS) is 15.6. The molecule has 5 heteroatoms. The van der Waals surface area contributed by atoms with Crippen molar-refractivity contribution in [2.75, 3.05) is 38.1 Å². The van der Waals surface area contributed by atoms with Gasteiger partial charge in [-0.15, -0.1) is 0 Å². The summed E-state index contributed by atoms with van der Waals surface area (Å²) in [7, 11) is 1.87. The molecule has 2 aromatic carbocycles. The molecular formula is C23H26N4O. The van der Waals surface area contributed by atoms with Gasteiger partial charge in [0, 0.05) is 43.4 Å². The molecule has 4 rings (SSSR count). The molecule has 3 aromatic rings. The number of benzene rings is 2. The molecule has 1 amide bonds. The molecule has 28 heavy (non-hydrogen) atoms. The second kappa shape index (κ2) is 8.40. The highest BCUT2D eigenvalue weighted by molar-refractivity contribution is 5.91. The number of carbonyl (C=O) groups is 1. The number of carbonyl (C=O) groups excluding carboxylic acids is 1. The van der Waals surface area contributed by atoms with Crippen molar-refractivity contribution >= 4 is 22.5 Å². The minimum absolute atomic E-state index is 0.185. The number of hydrogen-bond donors (Lipinski definition) is 1. The Morgan fingerprint density at radius 3 is 2.46 bits per heavy atom. The Bertz CT molecular complexity index is 930. The Hall–Kier alpha value is -2.92. The molecule has 0 unspecified atom stereocenters. The molecule has 1 aliphatic rings. The lowest BCUT2D eigenvalue weighted by Gasteiger charge is -2.38. The molecule has 1 aliphatic heterocycles. The fourth-order valence-electron chi connectivity index (χ4n) is 3.91. The molecule has 144 valence electrons. The summed E-state index contributed by atoms with van der Waals surface area (Å²) in [6, 6.07) is 20.3. The number of pyridine rings is 1. The summed E-state index contributed by atoms with van der Waals surface area (Å²) in [5, 5.41) is 4.37. The van der Waals surface area contributed by atoms with Crippen LogP contribution in [0, 0.1) is 0 Å². The average molecular weight is 374 g/mol. The number of aromatic nitrogens is 1. The van der Waals surface area contributed by atoms with Gasteiger partial charge in [-0.1, -0.05) is 48.5 Å². The second-order valence-corrected chi connectivity index (χ2v) is 7.19. The van der Waals surface area contributed by atoms with Gasteiger partial charge in [0.2, 0.25) is 5.91 Å².